The molecule has 0 N–H and O–H groups in total. The van der Waals surface area contributed by atoms with E-state index in [2.05, 4.69) is 4.98 Å². The number of halogens is 1. The van der Waals surface area contributed by atoms with Crippen LogP contribution >= 0.6 is 22.9 Å². The molecule has 3 rings (SSSR count). The summed E-state index contributed by atoms with van der Waals surface area (Å²) in [6, 6.07) is 11.0. The Kier molecular flexibility index (Phi) is 3.67. The van der Waals surface area contributed by atoms with Crippen molar-refractivity contribution in [2.24, 2.45) is 0 Å². The van der Waals surface area contributed by atoms with Crippen LogP contribution < -0.4 is 0 Å². The molecule has 0 spiro atoms. The van der Waals surface area contributed by atoms with Crippen LogP contribution in [-0.2, 0) is 6.54 Å². The summed E-state index contributed by atoms with van der Waals surface area (Å²) in [5.41, 5.74) is 0.614. The molecule has 0 aliphatic heterocycles. The molecule has 3 aromatic rings. The van der Waals surface area contributed by atoms with Gasteiger partial charge >= 0.3 is 0 Å². The maximum Gasteiger partial charge on any atom is 0.182 e. The molecule has 0 aliphatic carbocycles. The van der Waals surface area contributed by atoms with Crippen molar-refractivity contribution in [3.8, 4) is 10.7 Å². The molecule has 100 valence electrons. The Bertz CT molecular complexity index is 734. The van der Waals surface area contributed by atoms with Gasteiger partial charge in [0.2, 0.25) is 0 Å². The molecule has 0 atom stereocenters. The standard InChI is InChI=1S/C15H11ClN2OS/c16-12-4-1-3-11(9-12)13(19)10-18-7-6-17-15(18)14-5-2-8-20-14/h1-9H,10H2. The van der Waals surface area contributed by atoms with Gasteiger partial charge in [-0.05, 0) is 23.6 Å². The monoisotopic (exact) mass is 302 g/mol. The first-order chi connectivity index (χ1) is 9.74. The van der Waals surface area contributed by atoms with E-state index in [0.29, 0.717) is 10.6 Å². The van der Waals surface area contributed by atoms with Crippen molar-refractivity contribution in [3.05, 3.63) is 64.8 Å². The minimum atomic E-state index is 0.0170. The van der Waals surface area contributed by atoms with E-state index in [1.807, 2.05) is 28.3 Å². The third-order valence-electron chi connectivity index (χ3n) is 2.92. The van der Waals surface area contributed by atoms with Gasteiger partial charge in [-0.1, -0.05) is 29.8 Å². The first-order valence-electron chi connectivity index (χ1n) is 6.08. The van der Waals surface area contributed by atoms with Crippen molar-refractivity contribution in [1.82, 2.24) is 9.55 Å². The topological polar surface area (TPSA) is 34.9 Å². The highest BCUT2D eigenvalue weighted by atomic mass is 35.5. The second-order valence-electron chi connectivity index (χ2n) is 4.29. The lowest BCUT2D eigenvalue weighted by Gasteiger charge is -2.06. The fourth-order valence-corrected chi connectivity index (χ4v) is 2.90. The fourth-order valence-electron chi connectivity index (χ4n) is 1.98. The van der Waals surface area contributed by atoms with Crippen LogP contribution in [0.3, 0.4) is 0 Å². The molecule has 0 fully saturated rings. The molecule has 0 unspecified atom stereocenters. The van der Waals surface area contributed by atoms with E-state index >= 15 is 0 Å². The maximum atomic E-state index is 12.3. The Hall–Kier alpha value is -1.91. The van der Waals surface area contributed by atoms with E-state index in [1.165, 1.54) is 0 Å². The van der Waals surface area contributed by atoms with Crippen LogP contribution in [0.25, 0.3) is 10.7 Å². The molecule has 0 radical (unpaired) electrons. The van der Waals surface area contributed by atoms with Gasteiger partial charge in [0.1, 0.15) is 5.82 Å². The Balaban J connectivity index is 1.86. The summed E-state index contributed by atoms with van der Waals surface area (Å²) in [5.74, 6) is 0.832. The highest BCUT2D eigenvalue weighted by Crippen LogP contribution is 2.23. The van der Waals surface area contributed by atoms with Gasteiger partial charge in [-0.15, -0.1) is 11.3 Å². The van der Waals surface area contributed by atoms with Gasteiger partial charge in [-0.25, -0.2) is 4.98 Å². The van der Waals surface area contributed by atoms with E-state index < -0.39 is 0 Å². The van der Waals surface area contributed by atoms with Crippen molar-refractivity contribution in [2.75, 3.05) is 0 Å². The third kappa shape index (κ3) is 2.66. The summed E-state index contributed by atoms with van der Waals surface area (Å²) in [4.78, 5) is 17.7. The van der Waals surface area contributed by atoms with Crippen molar-refractivity contribution in [3.63, 3.8) is 0 Å². The number of benzene rings is 1. The summed E-state index contributed by atoms with van der Waals surface area (Å²) in [5, 5.41) is 2.56. The molecule has 5 heteroatoms. The number of imidazole rings is 1. The van der Waals surface area contributed by atoms with Crippen LogP contribution in [0.5, 0.6) is 0 Å². The summed E-state index contributed by atoms with van der Waals surface area (Å²) in [7, 11) is 0. The van der Waals surface area contributed by atoms with Crippen LogP contribution in [0.4, 0.5) is 0 Å². The van der Waals surface area contributed by atoms with Gasteiger partial charge < -0.3 is 4.57 Å². The molecule has 3 nitrogen and oxygen atoms in total. The van der Waals surface area contributed by atoms with Gasteiger partial charge in [-0.2, -0.15) is 0 Å². The molecule has 2 heterocycles. The van der Waals surface area contributed by atoms with Crippen LogP contribution in [-0.4, -0.2) is 15.3 Å². The molecular weight excluding hydrogens is 292 g/mol. The predicted molar refractivity (Wildman–Crippen MR) is 81.3 cm³/mol. The molecule has 0 bridgehead atoms. The number of hydrogen-bond acceptors (Lipinski definition) is 3. The lowest BCUT2D eigenvalue weighted by atomic mass is 10.1. The normalized spacial score (nSPS) is 10.7. The van der Waals surface area contributed by atoms with Gasteiger partial charge in [0.15, 0.2) is 5.78 Å². The SMILES string of the molecule is O=C(Cn1ccnc1-c1cccs1)c1cccc(Cl)c1. The average molecular weight is 303 g/mol. The van der Waals surface area contributed by atoms with Crippen LogP contribution in [0.1, 0.15) is 10.4 Å². The molecule has 0 amide bonds. The van der Waals surface area contributed by atoms with Gasteiger partial charge in [0.05, 0.1) is 11.4 Å². The molecule has 2 aromatic heterocycles. The van der Waals surface area contributed by atoms with Gasteiger partial charge in [0, 0.05) is 23.0 Å². The van der Waals surface area contributed by atoms with E-state index in [1.54, 1.807) is 41.8 Å². The van der Waals surface area contributed by atoms with E-state index in [-0.39, 0.29) is 12.3 Å². The van der Waals surface area contributed by atoms with Gasteiger partial charge in [0.25, 0.3) is 0 Å². The first kappa shape index (κ1) is 13.1. The average Bonchev–Trinajstić information content (AvgIpc) is 3.08. The zero-order valence-electron chi connectivity index (χ0n) is 10.5. The molecule has 0 saturated carbocycles. The van der Waals surface area contributed by atoms with Gasteiger partial charge in [-0.3, -0.25) is 4.79 Å². The van der Waals surface area contributed by atoms with E-state index in [4.69, 9.17) is 11.6 Å². The van der Waals surface area contributed by atoms with Crippen LogP contribution in [0.15, 0.2) is 54.2 Å². The van der Waals surface area contributed by atoms with Crippen molar-refractivity contribution in [1.29, 1.82) is 0 Å². The number of nitrogens with zero attached hydrogens (tertiary/aromatic N) is 2. The fraction of sp³-hybridized carbons (Fsp3) is 0.0667. The lowest BCUT2D eigenvalue weighted by Crippen LogP contribution is -2.10. The minimum absolute atomic E-state index is 0.0170. The number of hydrogen-bond donors (Lipinski definition) is 0. The van der Waals surface area contributed by atoms with E-state index in [9.17, 15) is 4.79 Å². The van der Waals surface area contributed by atoms with Crippen LogP contribution in [0.2, 0.25) is 5.02 Å². The van der Waals surface area contributed by atoms with Crippen LogP contribution in [0, 0.1) is 0 Å². The highest BCUT2D eigenvalue weighted by molar-refractivity contribution is 7.13. The number of ketones is 1. The summed E-state index contributed by atoms with van der Waals surface area (Å²) in [6.07, 6.45) is 3.53. The Morgan fingerprint density at radius 2 is 2.20 bits per heavy atom. The lowest BCUT2D eigenvalue weighted by molar-refractivity contribution is 0.0972. The number of aromatic nitrogens is 2. The quantitative estimate of drug-likeness (QED) is 0.679. The number of thiophene rings is 1. The second-order valence-corrected chi connectivity index (χ2v) is 5.67. The van der Waals surface area contributed by atoms with Crippen molar-refractivity contribution in [2.45, 2.75) is 6.54 Å². The maximum absolute atomic E-state index is 12.3. The molecule has 1 aromatic carbocycles. The number of Topliss-reactive ketones (excluding diaryl/α,β-unsaturated/α-hetero) is 1. The Morgan fingerprint density at radius 3 is 2.95 bits per heavy atom. The highest BCUT2D eigenvalue weighted by Gasteiger charge is 2.12. The van der Waals surface area contributed by atoms with Crippen molar-refractivity contribution < 1.29 is 4.79 Å². The predicted octanol–water partition coefficient (Wildman–Crippen LogP) is 4.15. The second kappa shape index (κ2) is 5.61. The Morgan fingerprint density at radius 1 is 1.30 bits per heavy atom. The van der Waals surface area contributed by atoms with E-state index in [0.717, 1.165) is 10.7 Å². The Labute approximate surface area is 125 Å². The summed E-state index contributed by atoms with van der Waals surface area (Å²) in [6.45, 7) is 0.258. The largest absolute Gasteiger partial charge is 0.323 e. The molecule has 0 aliphatic rings. The first-order valence-corrected chi connectivity index (χ1v) is 7.33. The zero-order valence-corrected chi connectivity index (χ0v) is 12.1. The summed E-state index contributed by atoms with van der Waals surface area (Å²) >= 11 is 7.52. The number of rotatable bonds is 4. The van der Waals surface area contributed by atoms with Crippen molar-refractivity contribution >= 4 is 28.7 Å². The minimum Gasteiger partial charge on any atom is -0.323 e. The summed E-state index contributed by atoms with van der Waals surface area (Å²) < 4.78 is 1.86. The molecule has 0 saturated heterocycles. The smallest absolute Gasteiger partial charge is 0.182 e. The third-order valence-corrected chi connectivity index (χ3v) is 4.02. The molecular formula is C15H11ClN2OS. The number of carbonyl (C=O) groups is 1. The number of carbonyl (C=O) groups excluding carboxylic acids is 1. The zero-order chi connectivity index (χ0) is 13.9. The molecule has 20 heavy (non-hydrogen) atoms.